The molecule has 1 aromatic heterocycles. The molecule has 21 heavy (non-hydrogen) atoms. The normalized spacial score (nSPS) is 13.3. The third kappa shape index (κ3) is 5.05. The number of aryl methyl sites for hydroxylation is 1. The van der Waals surface area contributed by atoms with E-state index in [9.17, 15) is 0 Å². The van der Waals surface area contributed by atoms with E-state index >= 15 is 0 Å². The molecule has 2 aromatic rings. The first-order chi connectivity index (χ1) is 9.98. The van der Waals surface area contributed by atoms with Gasteiger partial charge in [-0.1, -0.05) is 58.0 Å². The second-order valence-electron chi connectivity index (χ2n) is 6.83. The van der Waals surface area contributed by atoms with E-state index in [1.54, 1.807) is 0 Å². The van der Waals surface area contributed by atoms with Crippen molar-refractivity contribution in [1.82, 2.24) is 5.32 Å². The molecule has 1 aromatic carbocycles. The largest absolute Gasteiger partial charge is 0.465 e. The summed E-state index contributed by atoms with van der Waals surface area (Å²) in [5.74, 6) is 2.07. The molecule has 0 amide bonds. The van der Waals surface area contributed by atoms with Crippen molar-refractivity contribution in [3.63, 3.8) is 0 Å². The Balaban J connectivity index is 2.05. The number of nitrogens with one attached hydrogen (secondary N) is 1. The smallest absolute Gasteiger partial charge is 0.117 e. The summed E-state index contributed by atoms with van der Waals surface area (Å²) in [5.41, 5.74) is 1.63. The van der Waals surface area contributed by atoms with Crippen LogP contribution in [0.3, 0.4) is 0 Å². The van der Waals surface area contributed by atoms with Gasteiger partial charge in [-0.3, -0.25) is 0 Å². The molecule has 1 atom stereocenters. The van der Waals surface area contributed by atoms with Crippen LogP contribution in [0.15, 0.2) is 46.9 Å². The Bertz CT molecular complexity index is 536. The number of hydrogen-bond acceptors (Lipinski definition) is 2. The first kappa shape index (κ1) is 15.8. The molecule has 0 saturated heterocycles. The van der Waals surface area contributed by atoms with Gasteiger partial charge in [0.15, 0.2) is 0 Å². The predicted octanol–water partition coefficient (Wildman–Crippen LogP) is 5.11. The zero-order valence-electron chi connectivity index (χ0n) is 13.6. The van der Waals surface area contributed by atoms with Crippen molar-refractivity contribution in [2.45, 2.75) is 53.1 Å². The Hall–Kier alpha value is -1.54. The highest BCUT2D eigenvalue weighted by Gasteiger charge is 2.20. The summed E-state index contributed by atoms with van der Waals surface area (Å²) in [5, 5.41) is 3.65. The molecular formula is C19H27NO. The molecule has 0 bridgehead atoms. The van der Waals surface area contributed by atoms with Gasteiger partial charge in [0.1, 0.15) is 11.5 Å². The summed E-state index contributed by atoms with van der Waals surface area (Å²) >= 11 is 0. The van der Waals surface area contributed by atoms with Gasteiger partial charge in [-0.2, -0.15) is 0 Å². The SMILES string of the molecule is CCc1ccc(CNC(CC(C)(C)C)c2ccccc2)o1. The van der Waals surface area contributed by atoms with Gasteiger partial charge in [0.2, 0.25) is 0 Å². The fourth-order valence-electron chi connectivity index (χ4n) is 2.54. The maximum Gasteiger partial charge on any atom is 0.117 e. The van der Waals surface area contributed by atoms with Gasteiger partial charge >= 0.3 is 0 Å². The molecule has 1 N–H and O–H groups in total. The molecule has 0 aliphatic heterocycles. The highest BCUT2D eigenvalue weighted by atomic mass is 16.3. The first-order valence-electron chi connectivity index (χ1n) is 7.84. The van der Waals surface area contributed by atoms with E-state index in [4.69, 9.17) is 4.42 Å². The van der Waals surface area contributed by atoms with Crippen LogP contribution in [-0.4, -0.2) is 0 Å². The molecule has 0 aliphatic rings. The minimum absolute atomic E-state index is 0.283. The second-order valence-corrected chi connectivity index (χ2v) is 6.83. The molecule has 0 radical (unpaired) electrons. The highest BCUT2D eigenvalue weighted by Crippen LogP contribution is 2.29. The van der Waals surface area contributed by atoms with Gasteiger partial charge in [0.05, 0.1) is 6.54 Å². The maximum atomic E-state index is 5.79. The third-order valence-corrected chi connectivity index (χ3v) is 3.61. The van der Waals surface area contributed by atoms with E-state index in [0.29, 0.717) is 6.04 Å². The van der Waals surface area contributed by atoms with Crippen molar-refractivity contribution in [1.29, 1.82) is 0 Å². The molecule has 0 fully saturated rings. The van der Waals surface area contributed by atoms with Crippen molar-refractivity contribution >= 4 is 0 Å². The molecule has 1 unspecified atom stereocenters. The number of hydrogen-bond donors (Lipinski definition) is 1. The first-order valence-corrected chi connectivity index (χ1v) is 7.84. The molecule has 2 heteroatoms. The molecule has 2 rings (SSSR count). The minimum atomic E-state index is 0.283. The lowest BCUT2D eigenvalue weighted by molar-refractivity contribution is 0.303. The number of benzene rings is 1. The van der Waals surface area contributed by atoms with Crippen molar-refractivity contribution in [3.05, 3.63) is 59.5 Å². The summed E-state index contributed by atoms with van der Waals surface area (Å²) in [7, 11) is 0. The second kappa shape index (κ2) is 6.95. The summed E-state index contributed by atoms with van der Waals surface area (Å²) < 4.78 is 5.79. The number of furan rings is 1. The fourth-order valence-corrected chi connectivity index (χ4v) is 2.54. The summed E-state index contributed by atoms with van der Waals surface area (Å²) in [6, 6.07) is 15.2. The zero-order valence-corrected chi connectivity index (χ0v) is 13.6. The zero-order chi connectivity index (χ0) is 15.3. The van der Waals surface area contributed by atoms with Crippen molar-refractivity contribution in [2.75, 3.05) is 0 Å². The van der Waals surface area contributed by atoms with E-state index < -0.39 is 0 Å². The molecule has 114 valence electrons. The standard InChI is InChI=1S/C19H27NO/c1-5-16-11-12-17(21-16)14-20-18(13-19(2,3)4)15-9-7-6-8-10-15/h6-12,18,20H,5,13-14H2,1-4H3. The Morgan fingerprint density at radius 2 is 1.67 bits per heavy atom. The van der Waals surface area contributed by atoms with Crippen LogP contribution >= 0.6 is 0 Å². The van der Waals surface area contributed by atoms with E-state index in [2.05, 4.69) is 75.5 Å². The van der Waals surface area contributed by atoms with Gasteiger partial charge in [0, 0.05) is 12.5 Å². The molecule has 2 nitrogen and oxygen atoms in total. The molecule has 0 saturated carbocycles. The van der Waals surface area contributed by atoms with E-state index in [-0.39, 0.29) is 5.41 Å². The summed E-state index contributed by atoms with van der Waals surface area (Å²) in [6.45, 7) is 9.74. The monoisotopic (exact) mass is 285 g/mol. The topological polar surface area (TPSA) is 25.2 Å². The van der Waals surface area contributed by atoms with Crippen LogP contribution in [0.1, 0.15) is 57.2 Å². The lowest BCUT2D eigenvalue weighted by Crippen LogP contribution is -2.25. The van der Waals surface area contributed by atoms with Gasteiger partial charge in [-0.15, -0.1) is 0 Å². The van der Waals surface area contributed by atoms with Crippen LogP contribution in [0.4, 0.5) is 0 Å². The van der Waals surface area contributed by atoms with E-state index in [0.717, 1.165) is 30.9 Å². The van der Waals surface area contributed by atoms with Gasteiger partial charge in [-0.25, -0.2) is 0 Å². The van der Waals surface area contributed by atoms with Gasteiger partial charge < -0.3 is 9.73 Å². The third-order valence-electron chi connectivity index (χ3n) is 3.61. The van der Waals surface area contributed by atoms with Crippen LogP contribution in [0.5, 0.6) is 0 Å². The average molecular weight is 285 g/mol. The van der Waals surface area contributed by atoms with Crippen LogP contribution < -0.4 is 5.32 Å². The molecule has 1 heterocycles. The van der Waals surface area contributed by atoms with Crippen molar-refractivity contribution in [3.8, 4) is 0 Å². The predicted molar refractivity (Wildman–Crippen MR) is 88.2 cm³/mol. The van der Waals surface area contributed by atoms with Gasteiger partial charge in [0.25, 0.3) is 0 Å². The lowest BCUT2D eigenvalue weighted by atomic mass is 9.85. The Morgan fingerprint density at radius 1 is 1.00 bits per heavy atom. The average Bonchev–Trinajstić information content (AvgIpc) is 2.91. The fraction of sp³-hybridized carbons (Fsp3) is 0.474. The highest BCUT2D eigenvalue weighted by molar-refractivity contribution is 5.19. The van der Waals surface area contributed by atoms with Crippen LogP contribution in [0.25, 0.3) is 0 Å². The molecule has 0 aliphatic carbocycles. The lowest BCUT2D eigenvalue weighted by Gasteiger charge is -2.27. The van der Waals surface area contributed by atoms with Crippen LogP contribution in [0, 0.1) is 5.41 Å². The Labute approximate surface area is 128 Å². The minimum Gasteiger partial charge on any atom is -0.465 e. The summed E-state index contributed by atoms with van der Waals surface area (Å²) in [6.07, 6.45) is 2.04. The Kier molecular flexibility index (Phi) is 5.24. The maximum absolute atomic E-state index is 5.79. The molecular weight excluding hydrogens is 258 g/mol. The van der Waals surface area contributed by atoms with Gasteiger partial charge in [-0.05, 0) is 29.5 Å². The van der Waals surface area contributed by atoms with Crippen LogP contribution in [-0.2, 0) is 13.0 Å². The molecule has 0 spiro atoms. The van der Waals surface area contributed by atoms with Crippen molar-refractivity contribution in [2.24, 2.45) is 5.41 Å². The summed E-state index contributed by atoms with van der Waals surface area (Å²) in [4.78, 5) is 0. The van der Waals surface area contributed by atoms with Crippen molar-refractivity contribution < 1.29 is 4.42 Å². The number of rotatable bonds is 6. The van der Waals surface area contributed by atoms with Crippen LogP contribution in [0.2, 0.25) is 0 Å². The quantitative estimate of drug-likeness (QED) is 0.798. The van der Waals surface area contributed by atoms with E-state index in [1.807, 2.05) is 0 Å². The Morgan fingerprint density at radius 3 is 2.24 bits per heavy atom. The van der Waals surface area contributed by atoms with E-state index in [1.165, 1.54) is 5.56 Å².